The van der Waals surface area contributed by atoms with Crippen LogP contribution in [0.2, 0.25) is 0 Å². The summed E-state index contributed by atoms with van der Waals surface area (Å²) in [6.45, 7) is 4.33. The number of carboxylic acids is 1. The normalized spacial score (nSPS) is 12.5. The zero-order valence-corrected chi connectivity index (χ0v) is 19.8. The van der Waals surface area contributed by atoms with Crippen LogP contribution in [0.4, 0.5) is 4.39 Å². The van der Waals surface area contributed by atoms with Crippen molar-refractivity contribution < 1.29 is 23.8 Å². The molecule has 5 nitrogen and oxygen atoms in total. The van der Waals surface area contributed by atoms with Gasteiger partial charge in [0.1, 0.15) is 23.7 Å². The minimum Gasteiger partial charge on any atom is -0.487 e. The Morgan fingerprint density at radius 3 is 2.62 bits per heavy atom. The predicted octanol–water partition coefficient (Wildman–Crippen LogP) is 6.84. The van der Waals surface area contributed by atoms with Crippen LogP contribution < -0.4 is 4.74 Å². The Bertz CT molecular complexity index is 1110. The molecule has 3 rings (SSSR count). The molecule has 3 aromatic rings. The third kappa shape index (κ3) is 7.30. The molecule has 0 aliphatic carbocycles. The van der Waals surface area contributed by atoms with Crippen molar-refractivity contribution in [1.82, 2.24) is 4.98 Å². The lowest BCUT2D eigenvalue weighted by atomic mass is 10.0. The monoisotopic (exact) mass is 465 g/mol. The second-order valence-corrected chi connectivity index (χ2v) is 8.28. The third-order valence-electron chi connectivity index (χ3n) is 5.72. The van der Waals surface area contributed by atoms with Crippen LogP contribution >= 0.6 is 0 Å². The Labute approximate surface area is 200 Å². The number of aliphatic carboxylic acids is 1. The van der Waals surface area contributed by atoms with Crippen LogP contribution in [0.5, 0.6) is 5.75 Å². The number of benzene rings is 2. The molecule has 1 aromatic heterocycles. The van der Waals surface area contributed by atoms with Crippen LogP contribution in [0.15, 0.2) is 66.4 Å². The van der Waals surface area contributed by atoms with Crippen molar-refractivity contribution in [2.45, 2.75) is 65.1 Å². The van der Waals surface area contributed by atoms with E-state index >= 15 is 0 Å². The van der Waals surface area contributed by atoms with Gasteiger partial charge in [0.25, 0.3) is 0 Å². The first-order valence-electron chi connectivity index (χ1n) is 11.8. The molecule has 6 heteroatoms. The van der Waals surface area contributed by atoms with E-state index in [1.807, 2.05) is 56.3 Å². The summed E-state index contributed by atoms with van der Waals surface area (Å²) in [5, 5.41) is 10.1. The molecule has 1 unspecified atom stereocenters. The number of pyridine rings is 1. The summed E-state index contributed by atoms with van der Waals surface area (Å²) in [6, 6.07) is 16.4. The molecular weight excluding hydrogens is 433 g/mol. The maximum atomic E-state index is 14.0. The fraction of sp³-hybridized carbons (Fsp3) is 0.357. The summed E-state index contributed by atoms with van der Waals surface area (Å²) in [6.07, 6.45) is 5.55. The maximum Gasteiger partial charge on any atom is 0.344 e. The highest BCUT2D eigenvalue weighted by Gasteiger charge is 2.17. The zero-order chi connectivity index (χ0) is 24.3. The number of aryl methyl sites for hydroxylation is 1. The van der Waals surface area contributed by atoms with Crippen molar-refractivity contribution in [3.05, 3.63) is 83.5 Å². The number of rotatable bonds is 13. The minimum atomic E-state index is -0.917. The summed E-state index contributed by atoms with van der Waals surface area (Å²) in [7, 11) is 0. The van der Waals surface area contributed by atoms with Crippen molar-refractivity contribution in [1.29, 1.82) is 0 Å². The van der Waals surface area contributed by atoms with Gasteiger partial charge in [-0.1, -0.05) is 50.6 Å². The van der Waals surface area contributed by atoms with Crippen LogP contribution in [0.25, 0.3) is 10.9 Å². The second-order valence-electron chi connectivity index (χ2n) is 8.28. The van der Waals surface area contributed by atoms with Crippen molar-refractivity contribution in [2.75, 3.05) is 0 Å². The van der Waals surface area contributed by atoms with E-state index in [4.69, 9.17) is 9.47 Å². The number of para-hydroxylation sites is 1. The van der Waals surface area contributed by atoms with E-state index in [1.54, 1.807) is 12.3 Å². The summed E-state index contributed by atoms with van der Waals surface area (Å²) in [5.41, 5.74) is 3.25. The molecule has 0 spiro atoms. The highest BCUT2D eigenvalue weighted by molar-refractivity contribution is 5.79. The number of carbonyl (C=O) groups is 1. The number of hydrogen-bond acceptors (Lipinski definition) is 4. The van der Waals surface area contributed by atoms with Gasteiger partial charge in [0, 0.05) is 5.39 Å². The maximum absolute atomic E-state index is 14.0. The van der Waals surface area contributed by atoms with Crippen molar-refractivity contribution in [3.63, 3.8) is 0 Å². The van der Waals surface area contributed by atoms with Gasteiger partial charge in [-0.2, -0.15) is 0 Å². The number of aromatic nitrogens is 1. The van der Waals surface area contributed by atoms with E-state index in [2.05, 4.69) is 4.98 Å². The minimum absolute atomic E-state index is 0.256. The number of nitrogens with zero attached hydrogens (tertiary/aromatic N) is 1. The largest absolute Gasteiger partial charge is 0.487 e. The van der Waals surface area contributed by atoms with E-state index in [1.165, 1.54) is 6.07 Å². The van der Waals surface area contributed by atoms with Gasteiger partial charge in [-0.15, -0.1) is 0 Å². The molecule has 34 heavy (non-hydrogen) atoms. The topological polar surface area (TPSA) is 68.7 Å². The van der Waals surface area contributed by atoms with E-state index < -0.39 is 12.1 Å². The molecule has 0 bridgehead atoms. The average molecular weight is 466 g/mol. The zero-order valence-electron chi connectivity index (χ0n) is 19.8. The van der Waals surface area contributed by atoms with E-state index in [0.29, 0.717) is 23.4 Å². The van der Waals surface area contributed by atoms with Gasteiger partial charge in [0.15, 0.2) is 6.10 Å². The van der Waals surface area contributed by atoms with Crippen LogP contribution in [-0.4, -0.2) is 22.2 Å². The van der Waals surface area contributed by atoms with Gasteiger partial charge >= 0.3 is 5.97 Å². The van der Waals surface area contributed by atoms with Gasteiger partial charge in [-0.05, 0) is 67.5 Å². The fourth-order valence-electron chi connectivity index (χ4n) is 3.58. The average Bonchev–Trinajstić information content (AvgIpc) is 2.85. The lowest BCUT2D eigenvalue weighted by molar-refractivity contribution is -0.147. The number of halogens is 1. The number of fused-ring (bicyclic) bond motifs is 1. The van der Waals surface area contributed by atoms with Gasteiger partial charge in [0.05, 0.1) is 12.0 Å². The Morgan fingerprint density at radius 2 is 1.91 bits per heavy atom. The van der Waals surface area contributed by atoms with E-state index in [0.717, 1.165) is 48.6 Å². The molecule has 0 saturated carbocycles. The molecule has 1 atom stereocenters. The molecule has 1 N–H and O–H groups in total. The summed E-state index contributed by atoms with van der Waals surface area (Å²) < 4.78 is 25.4. The Kier molecular flexibility index (Phi) is 9.44. The number of carboxylic acid groups (broad SMARTS) is 1. The lowest BCUT2D eigenvalue weighted by Crippen LogP contribution is -2.21. The van der Waals surface area contributed by atoms with Crippen LogP contribution in [0.3, 0.4) is 0 Å². The summed E-state index contributed by atoms with van der Waals surface area (Å²) in [5.74, 6) is -0.539. The number of allylic oxidation sites excluding steroid dienone is 1. The highest BCUT2D eigenvalue weighted by atomic mass is 19.1. The second kappa shape index (κ2) is 12.7. The van der Waals surface area contributed by atoms with Crippen molar-refractivity contribution in [3.8, 4) is 5.75 Å². The molecule has 2 aromatic carbocycles. The Hall–Kier alpha value is -3.41. The summed E-state index contributed by atoms with van der Waals surface area (Å²) in [4.78, 5) is 15.7. The molecule has 0 radical (unpaired) electrons. The first-order valence-corrected chi connectivity index (χ1v) is 11.8. The number of ether oxygens (including phenoxy) is 2. The molecule has 180 valence electrons. The number of unbranched alkanes of at least 4 members (excludes halogenated alkanes) is 1. The van der Waals surface area contributed by atoms with Gasteiger partial charge in [-0.25, -0.2) is 14.2 Å². The van der Waals surface area contributed by atoms with Crippen LogP contribution in [0.1, 0.15) is 57.2 Å². The van der Waals surface area contributed by atoms with E-state index in [-0.39, 0.29) is 12.4 Å². The standard InChI is InChI=1S/C28H32FNO4/c1-3-5-9-26(28(31)32)34-18-20(4-2)10-11-21-12-16-24(17-13-21)33-19-23-15-14-22-7-6-8-25(29)27(22)30-23/h6-8,12-18,26H,3-5,9-11,19H2,1-2H3,(H,31,32)/b20-18-. The first kappa shape index (κ1) is 25.2. The number of hydrogen-bond donors (Lipinski definition) is 1. The van der Waals surface area contributed by atoms with E-state index in [9.17, 15) is 14.3 Å². The first-order chi connectivity index (χ1) is 16.5. The smallest absolute Gasteiger partial charge is 0.344 e. The van der Waals surface area contributed by atoms with Crippen molar-refractivity contribution in [2.24, 2.45) is 0 Å². The summed E-state index contributed by atoms with van der Waals surface area (Å²) >= 11 is 0. The van der Waals surface area contributed by atoms with Gasteiger partial charge in [-0.3, -0.25) is 0 Å². The predicted molar refractivity (Wildman–Crippen MR) is 131 cm³/mol. The SMILES string of the molecule is CCCCC(O/C=C(/CC)CCc1ccc(OCc2ccc3cccc(F)c3n2)cc1)C(=O)O. The lowest BCUT2D eigenvalue weighted by Gasteiger charge is -2.13. The third-order valence-corrected chi connectivity index (χ3v) is 5.72. The van der Waals surface area contributed by atoms with Gasteiger partial charge < -0.3 is 14.6 Å². The van der Waals surface area contributed by atoms with Crippen LogP contribution in [0, 0.1) is 5.82 Å². The molecule has 0 fully saturated rings. The molecule has 0 aliphatic heterocycles. The fourth-order valence-corrected chi connectivity index (χ4v) is 3.58. The van der Waals surface area contributed by atoms with Crippen molar-refractivity contribution >= 4 is 16.9 Å². The highest BCUT2D eigenvalue weighted by Crippen LogP contribution is 2.20. The molecular formula is C28H32FNO4. The molecule has 0 amide bonds. The van der Waals surface area contributed by atoms with Gasteiger partial charge in [0.2, 0.25) is 0 Å². The Balaban J connectivity index is 1.52. The molecule has 1 heterocycles. The quantitative estimate of drug-likeness (QED) is 0.280. The molecule has 0 aliphatic rings. The van der Waals surface area contributed by atoms with Crippen LogP contribution in [-0.2, 0) is 22.6 Å². The molecule has 0 saturated heterocycles. The Morgan fingerprint density at radius 1 is 1.12 bits per heavy atom.